The molecule has 0 radical (unpaired) electrons. The molecule has 122 valence electrons. The molecule has 3 heterocycles. The highest BCUT2D eigenvalue weighted by atomic mass is 32.1. The molecule has 3 rings (SSSR count). The Balaban J connectivity index is 1.71. The van der Waals surface area contributed by atoms with Crippen LogP contribution in [-0.4, -0.2) is 9.97 Å². The van der Waals surface area contributed by atoms with Crippen molar-refractivity contribution in [2.75, 3.05) is 0 Å². The Morgan fingerprint density at radius 1 is 0.826 bits per heavy atom. The number of thiophene rings is 2. The number of hydrogen-bond donors (Lipinski definition) is 0. The monoisotopic (exact) mass is 344 g/mol. The smallest absolute Gasteiger partial charge is 0.169 e. The van der Waals surface area contributed by atoms with Crippen molar-refractivity contribution in [2.24, 2.45) is 0 Å². The van der Waals surface area contributed by atoms with Crippen molar-refractivity contribution in [3.8, 4) is 10.7 Å². The van der Waals surface area contributed by atoms with Crippen LogP contribution >= 0.6 is 22.7 Å². The molecule has 0 saturated heterocycles. The summed E-state index contributed by atoms with van der Waals surface area (Å²) in [6.07, 6.45) is 12.6. The lowest BCUT2D eigenvalue weighted by atomic mass is 10.1. The lowest BCUT2D eigenvalue weighted by molar-refractivity contribution is 0.723. The standard InChI is InChI=1S/C19H24N2S2/c1-3-5-7-9-15-10-16-17(22-15)11-18(23-16)19-20-12-14(13-21-19)8-6-4-2/h10-13H,3-9H2,1-2H3. The maximum atomic E-state index is 4.56. The van der Waals surface area contributed by atoms with Crippen molar-refractivity contribution in [1.82, 2.24) is 9.97 Å². The van der Waals surface area contributed by atoms with E-state index in [9.17, 15) is 0 Å². The Kier molecular flexibility index (Phi) is 5.79. The molecule has 0 fully saturated rings. The third-order valence-electron chi connectivity index (χ3n) is 4.03. The zero-order chi connectivity index (χ0) is 16.1. The molecule has 0 saturated carbocycles. The van der Waals surface area contributed by atoms with Crippen molar-refractivity contribution in [3.63, 3.8) is 0 Å². The summed E-state index contributed by atoms with van der Waals surface area (Å²) in [5, 5.41) is 0. The summed E-state index contributed by atoms with van der Waals surface area (Å²) in [5.41, 5.74) is 1.24. The topological polar surface area (TPSA) is 25.8 Å². The van der Waals surface area contributed by atoms with E-state index in [4.69, 9.17) is 0 Å². The Morgan fingerprint density at radius 3 is 2.26 bits per heavy atom. The molecular weight excluding hydrogens is 320 g/mol. The Hall–Kier alpha value is -1.26. The quantitative estimate of drug-likeness (QED) is 0.436. The number of hydrogen-bond acceptors (Lipinski definition) is 4. The average molecular weight is 345 g/mol. The third-order valence-corrected chi connectivity index (χ3v) is 6.38. The zero-order valence-corrected chi connectivity index (χ0v) is 15.6. The Labute approximate surface area is 146 Å². The molecule has 0 aliphatic rings. The van der Waals surface area contributed by atoms with E-state index in [2.05, 4.69) is 35.9 Å². The SMILES string of the molecule is CCCCCc1cc2sc(-c3ncc(CCCC)cn3)cc2s1. The molecule has 0 N–H and O–H groups in total. The molecule has 0 aliphatic heterocycles. The lowest BCUT2D eigenvalue weighted by Gasteiger charge is -2.00. The second kappa shape index (κ2) is 8.02. The van der Waals surface area contributed by atoms with E-state index in [0.717, 1.165) is 12.2 Å². The highest BCUT2D eigenvalue weighted by Crippen LogP contribution is 2.37. The normalized spacial score (nSPS) is 11.4. The fourth-order valence-electron chi connectivity index (χ4n) is 2.66. The van der Waals surface area contributed by atoms with E-state index in [1.807, 2.05) is 35.1 Å². The van der Waals surface area contributed by atoms with E-state index in [0.29, 0.717) is 0 Å². The summed E-state index contributed by atoms with van der Waals surface area (Å²) in [5.74, 6) is 0.867. The van der Waals surface area contributed by atoms with Gasteiger partial charge in [0.15, 0.2) is 5.82 Å². The summed E-state index contributed by atoms with van der Waals surface area (Å²) >= 11 is 3.75. The van der Waals surface area contributed by atoms with Crippen molar-refractivity contribution < 1.29 is 0 Å². The van der Waals surface area contributed by atoms with E-state index in [-0.39, 0.29) is 0 Å². The fourth-order valence-corrected chi connectivity index (χ4v) is 5.07. The summed E-state index contributed by atoms with van der Waals surface area (Å²) in [7, 11) is 0. The maximum absolute atomic E-state index is 4.56. The number of nitrogens with zero attached hydrogens (tertiary/aromatic N) is 2. The first-order valence-corrected chi connectivity index (χ1v) is 10.3. The van der Waals surface area contributed by atoms with Gasteiger partial charge in [0.25, 0.3) is 0 Å². The van der Waals surface area contributed by atoms with Crippen LogP contribution in [-0.2, 0) is 12.8 Å². The van der Waals surface area contributed by atoms with Crippen molar-refractivity contribution >= 4 is 32.1 Å². The number of rotatable bonds is 8. The van der Waals surface area contributed by atoms with Crippen LogP contribution < -0.4 is 0 Å². The van der Waals surface area contributed by atoms with Crippen LogP contribution in [0.2, 0.25) is 0 Å². The van der Waals surface area contributed by atoms with Gasteiger partial charge in [-0.15, -0.1) is 22.7 Å². The number of aromatic nitrogens is 2. The molecule has 0 unspecified atom stereocenters. The number of aryl methyl sites for hydroxylation is 2. The minimum Gasteiger partial charge on any atom is -0.236 e. The molecule has 0 aliphatic carbocycles. The van der Waals surface area contributed by atoms with E-state index >= 15 is 0 Å². The van der Waals surface area contributed by atoms with Gasteiger partial charge in [0, 0.05) is 26.7 Å². The first-order valence-electron chi connectivity index (χ1n) is 8.63. The van der Waals surface area contributed by atoms with Gasteiger partial charge in [0.2, 0.25) is 0 Å². The molecule has 0 aromatic carbocycles. The molecular formula is C19H24N2S2. The summed E-state index contributed by atoms with van der Waals surface area (Å²) in [6.45, 7) is 4.47. The van der Waals surface area contributed by atoms with Gasteiger partial charge in [-0.05, 0) is 43.4 Å². The van der Waals surface area contributed by atoms with Crippen LogP contribution in [0.25, 0.3) is 20.1 Å². The van der Waals surface area contributed by atoms with Gasteiger partial charge in [-0.25, -0.2) is 9.97 Å². The molecule has 3 aromatic heterocycles. The van der Waals surface area contributed by atoms with E-state index < -0.39 is 0 Å². The summed E-state index contributed by atoms with van der Waals surface area (Å²) < 4.78 is 2.77. The molecule has 23 heavy (non-hydrogen) atoms. The maximum Gasteiger partial charge on any atom is 0.169 e. The van der Waals surface area contributed by atoms with Crippen LogP contribution in [0.4, 0.5) is 0 Å². The largest absolute Gasteiger partial charge is 0.236 e. The second-order valence-corrected chi connectivity index (χ2v) is 8.28. The van der Waals surface area contributed by atoms with E-state index in [1.54, 1.807) is 0 Å². The van der Waals surface area contributed by atoms with Gasteiger partial charge in [0.05, 0.1) is 4.88 Å². The molecule has 0 atom stereocenters. The molecule has 0 spiro atoms. The predicted molar refractivity (Wildman–Crippen MR) is 103 cm³/mol. The predicted octanol–water partition coefficient (Wildman–Crippen LogP) is 6.50. The number of fused-ring (bicyclic) bond motifs is 1. The Bertz CT molecular complexity index is 709. The van der Waals surface area contributed by atoms with E-state index in [1.165, 1.54) is 63.2 Å². The van der Waals surface area contributed by atoms with Crippen LogP contribution in [0.3, 0.4) is 0 Å². The van der Waals surface area contributed by atoms with Crippen LogP contribution in [0.5, 0.6) is 0 Å². The van der Waals surface area contributed by atoms with Gasteiger partial charge < -0.3 is 0 Å². The minimum atomic E-state index is 0.867. The molecule has 0 bridgehead atoms. The fraction of sp³-hybridized carbons (Fsp3) is 0.474. The molecule has 0 amide bonds. The van der Waals surface area contributed by atoms with Gasteiger partial charge in [-0.1, -0.05) is 33.1 Å². The summed E-state index contributed by atoms with van der Waals surface area (Å²) in [6, 6.07) is 4.62. The average Bonchev–Trinajstić information content (AvgIpc) is 3.12. The van der Waals surface area contributed by atoms with Crippen molar-refractivity contribution in [3.05, 3.63) is 35.0 Å². The zero-order valence-electron chi connectivity index (χ0n) is 14.0. The van der Waals surface area contributed by atoms with Gasteiger partial charge >= 0.3 is 0 Å². The second-order valence-electron chi connectivity index (χ2n) is 6.03. The number of unbranched alkanes of at least 4 members (excludes halogenated alkanes) is 3. The molecule has 2 nitrogen and oxygen atoms in total. The van der Waals surface area contributed by atoms with Crippen molar-refractivity contribution in [1.29, 1.82) is 0 Å². The Morgan fingerprint density at radius 2 is 1.57 bits per heavy atom. The summed E-state index contributed by atoms with van der Waals surface area (Å²) in [4.78, 5) is 11.8. The van der Waals surface area contributed by atoms with Gasteiger partial charge in [0.1, 0.15) is 0 Å². The highest BCUT2D eigenvalue weighted by molar-refractivity contribution is 7.29. The van der Waals surface area contributed by atoms with Crippen LogP contribution in [0.1, 0.15) is 56.4 Å². The third kappa shape index (κ3) is 4.18. The first kappa shape index (κ1) is 16.6. The molecule has 3 aromatic rings. The van der Waals surface area contributed by atoms with Crippen LogP contribution in [0.15, 0.2) is 24.5 Å². The van der Waals surface area contributed by atoms with Crippen molar-refractivity contribution in [2.45, 2.75) is 58.8 Å². The first-order chi connectivity index (χ1) is 11.3. The van der Waals surface area contributed by atoms with Gasteiger partial charge in [-0.3, -0.25) is 0 Å². The highest BCUT2D eigenvalue weighted by Gasteiger charge is 2.10. The van der Waals surface area contributed by atoms with Gasteiger partial charge in [-0.2, -0.15) is 0 Å². The lowest BCUT2D eigenvalue weighted by Crippen LogP contribution is -1.91. The molecule has 4 heteroatoms. The van der Waals surface area contributed by atoms with Crippen LogP contribution in [0, 0.1) is 0 Å². The minimum absolute atomic E-state index is 0.867.